The van der Waals surface area contributed by atoms with Crippen LogP contribution in [0.15, 0.2) is 30.3 Å². The third-order valence-electron chi connectivity index (χ3n) is 4.47. The van der Waals surface area contributed by atoms with Gasteiger partial charge in [-0.2, -0.15) is 13.2 Å². The van der Waals surface area contributed by atoms with Gasteiger partial charge in [0.05, 0.1) is 16.1 Å². The fourth-order valence-corrected chi connectivity index (χ4v) is 2.70. The Labute approximate surface area is 186 Å². The molecule has 1 unspecified atom stereocenters. The normalized spacial score (nSPS) is 13.4. The molecule has 0 aromatic heterocycles. The Morgan fingerprint density at radius 3 is 2.50 bits per heavy atom. The van der Waals surface area contributed by atoms with Gasteiger partial charge < -0.3 is 20.9 Å². The number of nitrogen functional groups attached to an aromatic ring is 1. The summed E-state index contributed by atoms with van der Waals surface area (Å²) in [5.74, 6) is -2.52. The second-order valence-corrected chi connectivity index (χ2v) is 7.46. The number of benzene rings is 2. The van der Waals surface area contributed by atoms with Crippen LogP contribution in [-0.4, -0.2) is 36.2 Å². The van der Waals surface area contributed by atoms with Crippen LogP contribution in [0.5, 0.6) is 5.75 Å². The van der Waals surface area contributed by atoms with Crippen LogP contribution in [-0.2, 0) is 12.7 Å². The Bertz CT molecular complexity index is 1030. The number of nitrogens with two attached hydrogens (primary N) is 1. The molecule has 0 spiro atoms. The molecule has 7 nitrogen and oxygen atoms in total. The van der Waals surface area contributed by atoms with Gasteiger partial charge in [0.1, 0.15) is 23.9 Å². The number of nitrogens with one attached hydrogen (secondary N) is 3. The molecule has 0 aliphatic heterocycles. The maximum atomic E-state index is 14.2. The van der Waals surface area contributed by atoms with Crippen LogP contribution in [0, 0.1) is 11.2 Å². The minimum Gasteiger partial charge on any atom is -0.489 e. The number of amides is 1. The molecular formula is C20H21ClF4N4O3. The number of carbonyl (C=O) groups is 1. The molecule has 0 saturated heterocycles. The number of rotatable bonds is 8. The van der Waals surface area contributed by atoms with E-state index in [2.05, 4.69) is 10.6 Å². The highest BCUT2D eigenvalue weighted by atomic mass is 35.5. The van der Waals surface area contributed by atoms with Crippen molar-refractivity contribution < 1.29 is 32.2 Å². The minimum atomic E-state index is -4.82. The molecule has 1 atom stereocenters. The Hall–Kier alpha value is -2.89. The van der Waals surface area contributed by atoms with Gasteiger partial charge >= 0.3 is 6.18 Å². The van der Waals surface area contributed by atoms with Crippen molar-refractivity contribution in [2.24, 2.45) is 5.73 Å². The zero-order valence-electron chi connectivity index (χ0n) is 17.0. The topological polar surface area (TPSA) is 120 Å². The quantitative estimate of drug-likeness (QED) is 0.174. The van der Waals surface area contributed by atoms with Crippen LogP contribution in [0.1, 0.15) is 34.0 Å². The Balaban J connectivity index is 2.29. The molecule has 0 aliphatic rings. The van der Waals surface area contributed by atoms with Crippen molar-refractivity contribution in [3.63, 3.8) is 0 Å². The minimum absolute atomic E-state index is 0.149. The summed E-state index contributed by atoms with van der Waals surface area (Å²) in [7, 11) is 1.51. The number of amidine groups is 1. The molecule has 32 heavy (non-hydrogen) atoms. The molecule has 2 rings (SSSR count). The fraction of sp³-hybridized carbons (Fsp3) is 0.300. The van der Waals surface area contributed by atoms with E-state index in [4.69, 9.17) is 27.5 Å². The summed E-state index contributed by atoms with van der Waals surface area (Å²) in [5.41, 5.74) is 2.58. The smallest absolute Gasteiger partial charge is 0.416 e. The highest BCUT2D eigenvalue weighted by Crippen LogP contribution is 2.33. The average molecular weight is 477 g/mol. The van der Waals surface area contributed by atoms with E-state index >= 15 is 0 Å². The number of likely N-dealkylation sites (N-methyl/N-ethyl adjacent to an activating group) is 1. The lowest BCUT2D eigenvalue weighted by atomic mass is 10.1. The summed E-state index contributed by atoms with van der Waals surface area (Å²) < 4.78 is 58.7. The van der Waals surface area contributed by atoms with Crippen molar-refractivity contribution in [1.29, 1.82) is 5.41 Å². The highest BCUT2D eigenvalue weighted by Gasteiger charge is 2.33. The van der Waals surface area contributed by atoms with Crippen molar-refractivity contribution in [2.45, 2.75) is 25.4 Å². The van der Waals surface area contributed by atoms with Crippen LogP contribution in [0.25, 0.3) is 0 Å². The summed E-state index contributed by atoms with van der Waals surface area (Å²) in [6, 6.07) is 5.10. The van der Waals surface area contributed by atoms with Gasteiger partial charge in [0, 0.05) is 17.7 Å². The van der Waals surface area contributed by atoms with Gasteiger partial charge in [-0.1, -0.05) is 23.7 Å². The van der Waals surface area contributed by atoms with E-state index in [1.165, 1.54) is 32.2 Å². The molecule has 12 heteroatoms. The third kappa shape index (κ3) is 6.31. The van der Waals surface area contributed by atoms with Crippen LogP contribution in [0.2, 0.25) is 5.02 Å². The number of carbonyl (C=O) groups excluding carboxylic acids is 1. The summed E-state index contributed by atoms with van der Waals surface area (Å²) in [5, 5.41) is 21.7. The molecular weight excluding hydrogens is 456 g/mol. The van der Waals surface area contributed by atoms with Gasteiger partial charge in [-0.05, 0) is 32.2 Å². The maximum absolute atomic E-state index is 14.2. The van der Waals surface area contributed by atoms with E-state index in [0.717, 1.165) is 0 Å². The number of ether oxygens (including phenoxy) is 1. The SMILES string of the molecule is CNC(C)(O)COc1cc(C(=N)N)ccc1CNC(=O)c1cc(C(F)(F)F)cc(Cl)c1F. The van der Waals surface area contributed by atoms with Crippen molar-refractivity contribution in [3.8, 4) is 5.75 Å². The first-order valence-electron chi connectivity index (χ1n) is 9.11. The molecule has 0 aliphatic carbocycles. The Morgan fingerprint density at radius 1 is 1.28 bits per heavy atom. The van der Waals surface area contributed by atoms with E-state index in [9.17, 15) is 27.5 Å². The number of hydrogen-bond donors (Lipinski definition) is 5. The maximum Gasteiger partial charge on any atom is 0.416 e. The Morgan fingerprint density at radius 2 is 1.94 bits per heavy atom. The number of hydrogen-bond acceptors (Lipinski definition) is 5. The summed E-state index contributed by atoms with van der Waals surface area (Å²) in [4.78, 5) is 12.4. The number of alkyl halides is 3. The molecule has 6 N–H and O–H groups in total. The van der Waals surface area contributed by atoms with Crippen molar-refractivity contribution >= 4 is 23.3 Å². The Kier molecular flexibility index (Phi) is 7.70. The lowest BCUT2D eigenvalue weighted by Crippen LogP contribution is -2.45. The van der Waals surface area contributed by atoms with Crippen molar-refractivity contribution in [1.82, 2.24) is 10.6 Å². The second kappa shape index (κ2) is 9.72. The predicted octanol–water partition coefficient (Wildman–Crippen LogP) is 3.02. The van der Waals surface area contributed by atoms with E-state index in [0.29, 0.717) is 23.3 Å². The first kappa shape index (κ1) is 25.4. The fourth-order valence-electron chi connectivity index (χ4n) is 2.48. The van der Waals surface area contributed by atoms with Crippen molar-refractivity contribution in [3.05, 3.63) is 63.4 Å². The molecule has 174 valence electrons. The summed E-state index contributed by atoms with van der Waals surface area (Å²) in [6.45, 7) is 0.967. The van der Waals surface area contributed by atoms with Gasteiger partial charge in [0.25, 0.3) is 5.91 Å². The van der Waals surface area contributed by atoms with E-state index in [1.54, 1.807) is 0 Å². The summed E-state index contributed by atoms with van der Waals surface area (Å²) >= 11 is 5.52. The van der Waals surface area contributed by atoms with Gasteiger partial charge in [-0.25, -0.2) is 4.39 Å². The van der Waals surface area contributed by atoms with E-state index in [1.807, 2.05) is 0 Å². The van der Waals surface area contributed by atoms with Crippen LogP contribution in [0.3, 0.4) is 0 Å². The van der Waals surface area contributed by atoms with Crippen LogP contribution < -0.4 is 21.1 Å². The standard InChI is InChI=1S/C20H21ClF4N4O3/c1-19(31,28-2)9-32-15-5-10(17(26)27)3-4-11(15)8-29-18(30)13-6-12(20(23,24)25)7-14(21)16(13)22/h3-7,28,31H,8-9H2,1-2H3,(H3,26,27)(H,29,30). The zero-order valence-corrected chi connectivity index (χ0v) is 17.8. The number of halogens is 5. The van der Waals surface area contributed by atoms with Gasteiger partial charge in [0.15, 0.2) is 5.82 Å². The van der Waals surface area contributed by atoms with Crippen LogP contribution >= 0.6 is 11.6 Å². The lowest BCUT2D eigenvalue weighted by Gasteiger charge is -2.24. The van der Waals surface area contributed by atoms with Gasteiger partial charge in [-0.3, -0.25) is 15.5 Å². The first-order valence-corrected chi connectivity index (χ1v) is 9.49. The lowest BCUT2D eigenvalue weighted by molar-refractivity contribution is -0.137. The zero-order chi connectivity index (χ0) is 24.3. The third-order valence-corrected chi connectivity index (χ3v) is 4.74. The van der Waals surface area contributed by atoms with Crippen molar-refractivity contribution in [2.75, 3.05) is 13.7 Å². The predicted molar refractivity (Wildman–Crippen MR) is 110 cm³/mol. The highest BCUT2D eigenvalue weighted by molar-refractivity contribution is 6.31. The summed E-state index contributed by atoms with van der Waals surface area (Å²) in [6.07, 6.45) is -4.82. The molecule has 0 fully saturated rings. The van der Waals surface area contributed by atoms with Gasteiger partial charge in [0.2, 0.25) is 0 Å². The first-order chi connectivity index (χ1) is 14.7. The molecule has 2 aromatic rings. The largest absolute Gasteiger partial charge is 0.489 e. The molecule has 0 bridgehead atoms. The molecule has 1 amide bonds. The molecule has 0 saturated carbocycles. The monoisotopic (exact) mass is 476 g/mol. The number of aliphatic hydroxyl groups is 1. The average Bonchev–Trinajstić information content (AvgIpc) is 2.71. The molecule has 0 radical (unpaired) electrons. The molecule has 2 aromatic carbocycles. The molecule has 0 heterocycles. The second-order valence-electron chi connectivity index (χ2n) is 7.05. The van der Waals surface area contributed by atoms with E-state index < -0.39 is 39.8 Å². The van der Waals surface area contributed by atoms with Gasteiger partial charge in [-0.15, -0.1) is 0 Å². The van der Waals surface area contributed by atoms with E-state index in [-0.39, 0.29) is 24.7 Å². The van der Waals surface area contributed by atoms with Crippen LogP contribution in [0.4, 0.5) is 17.6 Å².